The molecule has 0 heterocycles. The summed E-state index contributed by atoms with van der Waals surface area (Å²) in [5, 5.41) is 3.16. The molecule has 3 N–H and O–H groups in total. The summed E-state index contributed by atoms with van der Waals surface area (Å²) in [7, 11) is -7.59. The fraction of sp³-hybridized carbons (Fsp3) is 1.00. The number of nitrogens with two attached hydrogens (primary N) is 1. The number of nitrogens with one attached hydrogen (secondary N) is 1. The van der Waals surface area contributed by atoms with E-state index in [1.165, 1.54) is 0 Å². The third-order valence-corrected chi connectivity index (χ3v) is 16.9. The predicted octanol–water partition coefficient (Wildman–Crippen LogP) is 4.65. The molecule has 0 radical (unpaired) electrons. The van der Waals surface area contributed by atoms with Crippen LogP contribution in [0.25, 0.3) is 0 Å². The van der Waals surface area contributed by atoms with E-state index in [0.717, 1.165) is 19.0 Å². The van der Waals surface area contributed by atoms with Crippen LogP contribution in [0.15, 0.2) is 0 Å². The largest absolute Gasteiger partial charge is 0.437 e. The summed E-state index contributed by atoms with van der Waals surface area (Å²) in [6.07, 6.45) is 1.10. The Kier molecular flexibility index (Phi) is 14.0. The van der Waals surface area contributed by atoms with E-state index in [0.29, 0.717) is 6.67 Å². The lowest BCUT2D eigenvalue weighted by molar-refractivity contribution is 0.329. The van der Waals surface area contributed by atoms with Crippen molar-refractivity contribution in [3.8, 4) is 0 Å². The van der Waals surface area contributed by atoms with Crippen molar-refractivity contribution in [2.45, 2.75) is 86.2 Å². The van der Waals surface area contributed by atoms with Crippen LogP contribution in [0.1, 0.15) is 21.3 Å². The molecule has 0 aliphatic rings. The van der Waals surface area contributed by atoms with Crippen molar-refractivity contribution in [1.82, 2.24) is 5.32 Å². The van der Waals surface area contributed by atoms with Gasteiger partial charge in [-0.05, 0) is 77.9 Å². The van der Waals surface area contributed by atoms with Crippen LogP contribution in [0.4, 0.5) is 0 Å². The van der Waals surface area contributed by atoms with E-state index in [-0.39, 0.29) is 14.9 Å². The summed E-state index contributed by atoms with van der Waals surface area (Å²) in [5.41, 5.74) is 5.45. The first-order valence-electron chi connectivity index (χ1n) is 8.19. The van der Waals surface area contributed by atoms with E-state index in [1.54, 1.807) is 0 Å². The van der Waals surface area contributed by atoms with Crippen LogP contribution in [0.2, 0.25) is 65.0 Å². The molecule has 0 rings (SSSR count). The van der Waals surface area contributed by atoms with Gasteiger partial charge in [-0.2, -0.15) is 0 Å². The molecule has 0 aromatic rings. The molecule has 9 heteroatoms. The minimum atomic E-state index is -2.17. The second kappa shape index (κ2) is 11.4. The highest BCUT2D eigenvalue weighted by Gasteiger charge is 2.42. The average molecular weight is 415 g/mol. The first kappa shape index (κ1) is 29.4. The molecule has 150 valence electrons. The topological polar surface area (TPSA) is 65.7 Å². The molecule has 5 nitrogen and oxygen atoms in total. The summed E-state index contributed by atoms with van der Waals surface area (Å²) < 4.78 is 19.2. The van der Waals surface area contributed by atoms with Crippen LogP contribution in [0.5, 0.6) is 0 Å². The van der Waals surface area contributed by atoms with E-state index in [1.807, 2.05) is 0 Å². The van der Waals surface area contributed by atoms with E-state index in [4.69, 9.17) is 18.1 Å². The normalized spacial score (nSPS) is 13.2. The Labute approximate surface area is 156 Å². The van der Waals surface area contributed by atoms with Gasteiger partial charge in [0.25, 0.3) is 0 Å². The SMILES string of the molecule is C.C.C[Si](C)(C)O[Si](C)(C)O[Si](C)(C)O[Si](C)(C)CCCNCN. The molecule has 0 aliphatic heterocycles. The Hall–Kier alpha value is 0.668. The third kappa shape index (κ3) is 16.2. The van der Waals surface area contributed by atoms with Crippen molar-refractivity contribution in [3.05, 3.63) is 0 Å². The van der Waals surface area contributed by atoms with Gasteiger partial charge in [-0.25, -0.2) is 0 Å². The number of hydrogen-bond acceptors (Lipinski definition) is 5. The molecule has 0 atom stereocenters. The van der Waals surface area contributed by atoms with Gasteiger partial charge in [0.05, 0.1) is 0 Å². The average Bonchev–Trinajstić information content (AvgIpc) is 2.16. The summed E-state index contributed by atoms with van der Waals surface area (Å²) in [5.74, 6) is 0. The molecular weight excluding hydrogens is 369 g/mol. The van der Waals surface area contributed by atoms with Gasteiger partial charge in [-0.3, -0.25) is 0 Å². The van der Waals surface area contributed by atoms with Crippen LogP contribution >= 0.6 is 0 Å². The van der Waals surface area contributed by atoms with Crippen molar-refractivity contribution in [3.63, 3.8) is 0 Å². The maximum atomic E-state index is 6.52. The van der Waals surface area contributed by atoms with E-state index < -0.39 is 33.8 Å². The van der Waals surface area contributed by atoms with Gasteiger partial charge < -0.3 is 23.4 Å². The summed E-state index contributed by atoms with van der Waals surface area (Å²) >= 11 is 0. The Morgan fingerprint density at radius 2 is 1.21 bits per heavy atom. The summed E-state index contributed by atoms with van der Waals surface area (Å²) in [6, 6.07) is 1.12. The van der Waals surface area contributed by atoms with Crippen molar-refractivity contribution in [2.75, 3.05) is 13.2 Å². The van der Waals surface area contributed by atoms with Crippen molar-refractivity contribution in [1.29, 1.82) is 0 Å². The lowest BCUT2D eigenvalue weighted by Crippen LogP contribution is -2.55. The van der Waals surface area contributed by atoms with Crippen LogP contribution < -0.4 is 11.1 Å². The quantitative estimate of drug-likeness (QED) is 0.293. The molecule has 0 spiro atoms. The third-order valence-electron chi connectivity index (χ3n) is 2.84. The first-order chi connectivity index (χ1) is 9.68. The Balaban J connectivity index is -0.00000220. The maximum Gasteiger partial charge on any atom is 0.312 e. The minimum absolute atomic E-state index is 0. The van der Waals surface area contributed by atoms with Gasteiger partial charge in [0, 0.05) is 6.67 Å². The smallest absolute Gasteiger partial charge is 0.312 e. The molecule has 0 fully saturated rings. The Morgan fingerprint density at radius 1 is 0.750 bits per heavy atom. The van der Waals surface area contributed by atoms with E-state index in [9.17, 15) is 0 Å². The Morgan fingerprint density at radius 3 is 1.62 bits per heavy atom. The molecular formula is C15H46N2O3Si4. The van der Waals surface area contributed by atoms with Gasteiger partial charge >= 0.3 is 17.1 Å². The molecule has 0 bridgehead atoms. The molecule has 0 aromatic carbocycles. The predicted molar refractivity (Wildman–Crippen MR) is 119 cm³/mol. The molecule has 0 saturated heterocycles. The monoisotopic (exact) mass is 414 g/mol. The second-order valence-electron chi connectivity index (χ2n) is 8.29. The molecule has 24 heavy (non-hydrogen) atoms. The van der Waals surface area contributed by atoms with Crippen LogP contribution in [-0.4, -0.2) is 47.0 Å². The fourth-order valence-electron chi connectivity index (χ4n) is 2.83. The standard InChI is InChI=1S/C13H38N2O3Si4.2CH4/c1-19(2,3)16-21(6,7)18-22(8,9)17-20(4,5)12-10-11-15-13-14;;/h15H,10-14H2,1-9H3;2*1H4. The lowest BCUT2D eigenvalue weighted by Gasteiger charge is -2.40. The van der Waals surface area contributed by atoms with Crippen molar-refractivity contribution in [2.24, 2.45) is 5.73 Å². The highest BCUT2D eigenvalue weighted by atomic mass is 28.5. The highest BCUT2D eigenvalue weighted by Crippen LogP contribution is 2.25. The van der Waals surface area contributed by atoms with Crippen molar-refractivity contribution < 1.29 is 12.3 Å². The van der Waals surface area contributed by atoms with Crippen LogP contribution in [-0.2, 0) is 12.3 Å². The maximum absolute atomic E-state index is 6.52. The zero-order chi connectivity index (χ0) is 17.7. The highest BCUT2D eigenvalue weighted by molar-refractivity contribution is 6.89. The van der Waals surface area contributed by atoms with Crippen LogP contribution in [0, 0.1) is 0 Å². The molecule has 0 aliphatic carbocycles. The molecule has 0 saturated carbocycles. The molecule has 0 amide bonds. The van der Waals surface area contributed by atoms with Crippen LogP contribution in [0.3, 0.4) is 0 Å². The first-order valence-corrected chi connectivity index (χ1v) is 20.4. The number of hydrogen-bond donors (Lipinski definition) is 2. The van der Waals surface area contributed by atoms with Crippen molar-refractivity contribution >= 4 is 33.8 Å². The van der Waals surface area contributed by atoms with Gasteiger partial charge in [0.2, 0.25) is 0 Å². The minimum Gasteiger partial charge on any atom is -0.437 e. The summed E-state index contributed by atoms with van der Waals surface area (Å²) in [4.78, 5) is 0. The second-order valence-corrected chi connectivity index (χ2v) is 24.6. The zero-order valence-electron chi connectivity index (χ0n) is 16.1. The van der Waals surface area contributed by atoms with Gasteiger partial charge in [0.15, 0.2) is 16.6 Å². The molecule has 0 unspecified atom stereocenters. The van der Waals surface area contributed by atoms with Gasteiger partial charge in [0.1, 0.15) is 0 Å². The number of rotatable bonds is 11. The molecule has 0 aromatic heterocycles. The fourth-order valence-corrected chi connectivity index (χ4v) is 21.3. The van der Waals surface area contributed by atoms with E-state index >= 15 is 0 Å². The summed E-state index contributed by atoms with van der Waals surface area (Å²) in [6.45, 7) is 21.3. The van der Waals surface area contributed by atoms with Gasteiger partial charge in [-0.15, -0.1) is 0 Å². The zero-order valence-corrected chi connectivity index (χ0v) is 20.1. The van der Waals surface area contributed by atoms with Gasteiger partial charge in [-0.1, -0.05) is 14.9 Å². The lowest BCUT2D eigenvalue weighted by atomic mass is 10.5. The van der Waals surface area contributed by atoms with E-state index in [2.05, 4.69) is 64.2 Å². The Bertz CT molecular complexity index is 335.